The Bertz CT molecular complexity index is 94.4. The standard InChI is InChI=1S/C3H6.2CHNO/c1-2-3-1;2*2-1-3/h1-3H2;2*3H. The molecule has 4 heteroatoms. The summed E-state index contributed by atoms with van der Waals surface area (Å²) < 4.78 is 0. The normalized spacial score (nSPS) is 9.56. The van der Waals surface area contributed by atoms with E-state index in [-0.39, 0.29) is 0 Å². The predicted octanol–water partition coefficient (Wildman–Crippen LogP) is 0.850. The highest BCUT2D eigenvalue weighted by atomic mass is 16.2. The highest BCUT2D eigenvalue weighted by molar-refractivity contribution is 4.50. The van der Waals surface area contributed by atoms with Gasteiger partial charge in [0.25, 0.3) is 12.5 Å². The number of nitrogens with zero attached hydrogens (tertiary/aromatic N) is 2. The molecular weight excluding hydrogens is 120 g/mol. The highest BCUT2D eigenvalue weighted by Crippen LogP contribution is 2.14. The third kappa shape index (κ3) is 782. The molecule has 9 heavy (non-hydrogen) atoms. The van der Waals surface area contributed by atoms with Crippen LogP contribution in [0, 0.1) is 23.0 Å². The Morgan fingerprint density at radius 1 is 0.889 bits per heavy atom. The van der Waals surface area contributed by atoms with E-state index in [4.69, 9.17) is 20.7 Å². The minimum absolute atomic E-state index is 0.750. The molecule has 50 valence electrons. The van der Waals surface area contributed by atoms with Gasteiger partial charge in [-0.15, -0.1) is 0 Å². The van der Waals surface area contributed by atoms with Crippen molar-refractivity contribution in [3.05, 3.63) is 0 Å². The van der Waals surface area contributed by atoms with Crippen LogP contribution in [0.4, 0.5) is 0 Å². The van der Waals surface area contributed by atoms with Gasteiger partial charge in [0, 0.05) is 0 Å². The summed E-state index contributed by atoms with van der Waals surface area (Å²) >= 11 is 0. The number of hydrogen-bond donors (Lipinski definition) is 2. The van der Waals surface area contributed by atoms with E-state index >= 15 is 0 Å². The molecule has 0 bridgehead atoms. The van der Waals surface area contributed by atoms with Gasteiger partial charge in [-0.05, 0) is 0 Å². The van der Waals surface area contributed by atoms with Gasteiger partial charge in [0.1, 0.15) is 0 Å². The minimum atomic E-state index is 0.750. The summed E-state index contributed by atoms with van der Waals surface area (Å²) in [5, 5.41) is 27.5. The maximum atomic E-state index is 6.88. The van der Waals surface area contributed by atoms with Crippen molar-refractivity contribution in [1.82, 2.24) is 0 Å². The first kappa shape index (κ1) is 10.5. The van der Waals surface area contributed by atoms with Crippen LogP contribution in [0.5, 0.6) is 0 Å². The number of rotatable bonds is 0. The van der Waals surface area contributed by atoms with E-state index in [1.165, 1.54) is 19.3 Å². The molecule has 0 aromatic rings. The first-order chi connectivity index (χ1) is 4.33. The lowest BCUT2D eigenvalue weighted by Gasteiger charge is -1.25. The molecule has 0 spiro atoms. The monoisotopic (exact) mass is 128 g/mol. The largest absolute Gasteiger partial charge is 0.443 e. The van der Waals surface area contributed by atoms with E-state index in [1.807, 2.05) is 0 Å². The first-order valence-electron chi connectivity index (χ1n) is 2.39. The zero-order valence-electron chi connectivity index (χ0n) is 4.91. The second-order valence-electron chi connectivity index (χ2n) is 1.26. The maximum Gasteiger partial charge on any atom is 0.283 e. The zero-order chi connectivity index (χ0) is 7.54. The summed E-state index contributed by atoms with van der Waals surface area (Å²) in [5.74, 6) is 0. The lowest BCUT2D eigenvalue weighted by molar-refractivity contribution is 0.502. The third-order valence-electron chi connectivity index (χ3n) is 0.354. The molecule has 0 amide bonds. The molecule has 0 aromatic heterocycles. The van der Waals surface area contributed by atoms with Crippen molar-refractivity contribution < 1.29 is 10.2 Å². The Morgan fingerprint density at radius 2 is 1.00 bits per heavy atom. The summed E-state index contributed by atoms with van der Waals surface area (Å²) in [6, 6.07) is 0. The number of hydrogen-bond acceptors (Lipinski definition) is 4. The van der Waals surface area contributed by atoms with Crippen molar-refractivity contribution in [3.63, 3.8) is 0 Å². The van der Waals surface area contributed by atoms with Gasteiger partial charge in [-0.1, -0.05) is 19.3 Å². The van der Waals surface area contributed by atoms with E-state index in [0.717, 1.165) is 12.5 Å². The van der Waals surface area contributed by atoms with E-state index in [9.17, 15) is 0 Å². The van der Waals surface area contributed by atoms with Gasteiger partial charge in [0.05, 0.1) is 0 Å². The summed E-state index contributed by atoms with van der Waals surface area (Å²) in [7, 11) is 0. The Balaban J connectivity index is 0. The van der Waals surface area contributed by atoms with Gasteiger partial charge in [-0.25, -0.2) is 0 Å². The SMILES string of the molecule is C1CC1.N#CO.N#CO. The van der Waals surface area contributed by atoms with Crippen LogP contribution in [0.1, 0.15) is 19.3 Å². The van der Waals surface area contributed by atoms with Crippen LogP contribution >= 0.6 is 0 Å². The molecule has 0 heterocycles. The Hall–Kier alpha value is -1.42. The van der Waals surface area contributed by atoms with E-state index in [2.05, 4.69) is 0 Å². The Kier molecular flexibility index (Phi) is 18.7. The fourth-order valence-electron chi connectivity index (χ4n) is 0. The van der Waals surface area contributed by atoms with Crippen LogP contribution < -0.4 is 0 Å². The smallest absolute Gasteiger partial charge is 0.283 e. The van der Waals surface area contributed by atoms with E-state index in [1.54, 1.807) is 0 Å². The zero-order valence-corrected chi connectivity index (χ0v) is 4.91. The number of nitriles is 2. The number of aliphatic hydroxyl groups is 2. The quantitative estimate of drug-likeness (QED) is 0.473. The van der Waals surface area contributed by atoms with Crippen molar-refractivity contribution >= 4 is 0 Å². The molecule has 0 aromatic carbocycles. The highest BCUT2D eigenvalue weighted by Gasteiger charge is 1.95. The Morgan fingerprint density at radius 3 is 1.00 bits per heavy atom. The van der Waals surface area contributed by atoms with Gasteiger partial charge < -0.3 is 10.2 Å². The van der Waals surface area contributed by atoms with Gasteiger partial charge in [-0.3, -0.25) is 0 Å². The van der Waals surface area contributed by atoms with E-state index < -0.39 is 0 Å². The topological polar surface area (TPSA) is 88.0 Å². The predicted molar refractivity (Wildman–Crippen MR) is 28.9 cm³/mol. The van der Waals surface area contributed by atoms with Gasteiger partial charge >= 0.3 is 0 Å². The molecule has 0 atom stereocenters. The van der Waals surface area contributed by atoms with Crippen LogP contribution in [0.15, 0.2) is 0 Å². The summed E-state index contributed by atoms with van der Waals surface area (Å²) in [4.78, 5) is 0. The van der Waals surface area contributed by atoms with Crippen LogP contribution in [-0.2, 0) is 0 Å². The van der Waals surface area contributed by atoms with Crippen molar-refractivity contribution in [2.24, 2.45) is 0 Å². The summed E-state index contributed by atoms with van der Waals surface area (Å²) in [6.07, 6.45) is 6.00. The molecule has 1 aliphatic rings. The maximum absolute atomic E-state index is 6.88. The van der Waals surface area contributed by atoms with Crippen LogP contribution in [0.3, 0.4) is 0 Å². The van der Waals surface area contributed by atoms with Crippen molar-refractivity contribution in [1.29, 1.82) is 10.5 Å². The van der Waals surface area contributed by atoms with Gasteiger partial charge in [0.15, 0.2) is 0 Å². The molecule has 1 fully saturated rings. The molecule has 0 saturated heterocycles. The van der Waals surface area contributed by atoms with Crippen molar-refractivity contribution in [2.45, 2.75) is 19.3 Å². The molecule has 1 saturated carbocycles. The fourth-order valence-corrected chi connectivity index (χ4v) is 0. The third-order valence-corrected chi connectivity index (χ3v) is 0.354. The summed E-state index contributed by atoms with van der Waals surface area (Å²) in [6.45, 7) is 0. The van der Waals surface area contributed by atoms with Gasteiger partial charge in [0.2, 0.25) is 0 Å². The first-order valence-corrected chi connectivity index (χ1v) is 2.39. The lowest BCUT2D eigenvalue weighted by Crippen LogP contribution is -1.27. The van der Waals surface area contributed by atoms with Crippen molar-refractivity contribution in [2.75, 3.05) is 0 Å². The van der Waals surface area contributed by atoms with E-state index in [0.29, 0.717) is 0 Å². The summed E-state index contributed by atoms with van der Waals surface area (Å²) in [5.41, 5.74) is 0. The molecule has 0 unspecified atom stereocenters. The molecule has 1 aliphatic carbocycles. The molecule has 0 radical (unpaired) electrons. The van der Waals surface area contributed by atoms with Crippen LogP contribution in [-0.4, -0.2) is 10.2 Å². The molecule has 1 rings (SSSR count). The average Bonchev–Trinajstić information content (AvgIpc) is 2.48. The molecule has 2 N–H and O–H groups in total. The van der Waals surface area contributed by atoms with Gasteiger partial charge in [-0.2, -0.15) is 10.5 Å². The Labute approximate surface area is 53.6 Å². The second kappa shape index (κ2) is 16.0. The van der Waals surface area contributed by atoms with Crippen LogP contribution in [0.2, 0.25) is 0 Å². The molecule has 0 aliphatic heterocycles. The average molecular weight is 128 g/mol. The fraction of sp³-hybridized carbons (Fsp3) is 0.600. The molecular formula is C5H8N2O2. The second-order valence-corrected chi connectivity index (χ2v) is 1.26. The minimum Gasteiger partial charge on any atom is -0.443 e. The molecule has 4 nitrogen and oxygen atoms in total. The number of aliphatic hydroxyl groups excluding tert-OH is 2. The lowest BCUT2D eigenvalue weighted by atomic mass is 11.0. The van der Waals surface area contributed by atoms with Crippen molar-refractivity contribution in [3.8, 4) is 12.5 Å². The van der Waals surface area contributed by atoms with Crippen LogP contribution in [0.25, 0.3) is 0 Å².